The number of nitrogens with zero attached hydrogens (tertiary/aromatic N) is 1. The van der Waals surface area contributed by atoms with E-state index in [9.17, 15) is 8.78 Å². The van der Waals surface area contributed by atoms with Crippen molar-refractivity contribution in [2.24, 2.45) is 10.9 Å². The summed E-state index contributed by atoms with van der Waals surface area (Å²) in [6, 6.07) is 3.18. The van der Waals surface area contributed by atoms with E-state index >= 15 is 0 Å². The largest absolute Gasteiger partial charge is 0.323 e. The summed E-state index contributed by atoms with van der Waals surface area (Å²) in [6.45, 7) is 0. The van der Waals surface area contributed by atoms with Gasteiger partial charge >= 0.3 is 0 Å². The maximum atomic E-state index is 12.7. The van der Waals surface area contributed by atoms with E-state index < -0.39 is 11.6 Å². The fraction of sp³-hybridized carbons (Fsp3) is 0. The van der Waals surface area contributed by atoms with Gasteiger partial charge in [0.15, 0.2) is 0 Å². The van der Waals surface area contributed by atoms with Crippen molar-refractivity contribution in [1.82, 2.24) is 0 Å². The Hall–Kier alpha value is -1.45. The second-order valence-electron chi connectivity index (χ2n) is 1.94. The van der Waals surface area contributed by atoms with Crippen LogP contribution in [0.3, 0.4) is 0 Å². The summed E-state index contributed by atoms with van der Waals surface area (Å²) < 4.78 is 24.9. The molecule has 1 aromatic carbocycles. The zero-order valence-electron chi connectivity index (χ0n) is 5.59. The molecule has 1 aromatic rings. The SMILES string of the molecule is NN=Cc1ccc(F)cc1F. The molecule has 0 aromatic heterocycles. The van der Waals surface area contributed by atoms with Gasteiger partial charge in [-0.15, -0.1) is 0 Å². The van der Waals surface area contributed by atoms with Crippen LogP contribution in [0.5, 0.6) is 0 Å². The van der Waals surface area contributed by atoms with Crippen LogP contribution in [0.15, 0.2) is 23.3 Å². The summed E-state index contributed by atoms with van der Waals surface area (Å²) in [7, 11) is 0. The van der Waals surface area contributed by atoms with Gasteiger partial charge in [-0.25, -0.2) is 8.78 Å². The molecule has 0 bridgehead atoms. The Morgan fingerprint density at radius 1 is 1.36 bits per heavy atom. The van der Waals surface area contributed by atoms with Crippen molar-refractivity contribution in [1.29, 1.82) is 0 Å². The lowest BCUT2D eigenvalue weighted by atomic mass is 10.2. The number of halogens is 2. The van der Waals surface area contributed by atoms with Crippen LogP contribution in [0.2, 0.25) is 0 Å². The van der Waals surface area contributed by atoms with E-state index in [-0.39, 0.29) is 5.56 Å². The van der Waals surface area contributed by atoms with Gasteiger partial charge in [-0.2, -0.15) is 5.10 Å². The van der Waals surface area contributed by atoms with Crippen LogP contribution in [0.1, 0.15) is 5.56 Å². The average molecular weight is 156 g/mol. The fourth-order valence-electron chi connectivity index (χ4n) is 0.687. The number of rotatable bonds is 1. The first-order valence-electron chi connectivity index (χ1n) is 2.92. The maximum absolute atomic E-state index is 12.7. The summed E-state index contributed by atoms with van der Waals surface area (Å²) in [5, 5.41) is 3.11. The molecular formula is C7H6F2N2. The van der Waals surface area contributed by atoms with Crippen molar-refractivity contribution in [3.8, 4) is 0 Å². The molecule has 0 amide bonds. The predicted octanol–water partition coefficient (Wildman–Crippen LogP) is 1.26. The molecule has 0 saturated carbocycles. The molecule has 0 aliphatic heterocycles. The first-order valence-corrected chi connectivity index (χ1v) is 2.92. The third-order valence-corrected chi connectivity index (χ3v) is 1.18. The van der Waals surface area contributed by atoms with Gasteiger partial charge in [0.05, 0.1) is 6.21 Å². The second kappa shape index (κ2) is 3.09. The van der Waals surface area contributed by atoms with Crippen LogP contribution in [-0.2, 0) is 0 Å². The molecule has 0 spiro atoms. The molecule has 0 aliphatic rings. The predicted molar refractivity (Wildman–Crippen MR) is 38.1 cm³/mol. The minimum Gasteiger partial charge on any atom is -0.323 e. The molecule has 0 fully saturated rings. The number of hydrogen-bond donors (Lipinski definition) is 1. The van der Waals surface area contributed by atoms with E-state index in [1.165, 1.54) is 6.07 Å². The van der Waals surface area contributed by atoms with E-state index in [1.54, 1.807) is 0 Å². The Morgan fingerprint density at radius 2 is 2.09 bits per heavy atom. The first kappa shape index (κ1) is 7.65. The highest BCUT2D eigenvalue weighted by atomic mass is 19.1. The van der Waals surface area contributed by atoms with Gasteiger partial charge in [0.2, 0.25) is 0 Å². The zero-order chi connectivity index (χ0) is 8.27. The van der Waals surface area contributed by atoms with E-state index in [1.807, 2.05) is 0 Å². The van der Waals surface area contributed by atoms with Gasteiger partial charge in [-0.1, -0.05) is 0 Å². The van der Waals surface area contributed by atoms with Crippen LogP contribution < -0.4 is 5.84 Å². The molecule has 0 aliphatic carbocycles. The lowest BCUT2D eigenvalue weighted by Gasteiger charge is -1.93. The van der Waals surface area contributed by atoms with Crippen molar-refractivity contribution < 1.29 is 8.78 Å². The van der Waals surface area contributed by atoms with Gasteiger partial charge in [0.25, 0.3) is 0 Å². The van der Waals surface area contributed by atoms with E-state index in [4.69, 9.17) is 5.84 Å². The third kappa shape index (κ3) is 1.73. The number of nitrogens with two attached hydrogens (primary N) is 1. The Balaban J connectivity index is 3.09. The number of benzene rings is 1. The van der Waals surface area contributed by atoms with Crippen LogP contribution in [-0.4, -0.2) is 6.21 Å². The molecule has 1 rings (SSSR count). The lowest BCUT2D eigenvalue weighted by molar-refractivity contribution is 0.582. The van der Waals surface area contributed by atoms with Crippen LogP contribution in [0.25, 0.3) is 0 Å². The molecule has 4 heteroatoms. The fourth-order valence-corrected chi connectivity index (χ4v) is 0.687. The Bertz CT molecular complexity index is 284. The van der Waals surface area contributed by atoms with Gasteiger partial charge in [-0.05, 0) is 12.1 Å². The molecule has 2 nitrogen and oxygen atoms in total. The highest BCUT2D eigenvalue weighted by Gasteiger charge is 1.99. The summed E-state index contributed by atoms with van der Waals surface area (Å²) in [5.41, 5.74) is 0.175. The highest BCUT2D eigenvalue weighted by Crippen LogP contribution is 2.06. The van der Waals surface area contributed by atoms with Gasteiger partial charge < -0.3 is 5.84 Å². The van der Waals surface area contributed by atoms with Crippen molar-refractivity contribution in [3.63, 3.8) is 0 Å². The van der Waals surface area contributed by atoms with E-state index in [0.29, 0.717) is 0 Å². The zero-order valence-corrected chi connectivity index (χ0v) is 5.59. The normalized spacial score (nSPS) is 10.7. The smallest absolute Gasteiger partial charge is 0.134 e. The summed E-state index contributed by atoms with van der Waals surface area (Å²) >= 11 is 0. The van der Waals surface area contributed by atoms with Crippen LogP contribution in [0, 0.1) is 11.6 Å². The van der Waals surface area contributed by atoms with Crippen molar-refractivity contribution in [2.45, 2.75) is 0 Å². The average Bonchev–Trinajstić information content (AvgIpc) is 1.95. The molecule has 11 heavy (non-hydrogen) atoms. The van der Waals surface area contributed by atoms with Crippen LogP contribution in [0.4, 0.5) is 8.78 Å². The van der Waals surface area contributed by atoms with E-state index in [2.05, 4.69) is 5.10 Å². The number of hydrazone groups is 1. The minimum absolute atomic E-state index is 0.175. The Kier molecular flexibility index (Phi) is 2.15. The molecule has 58 valence electrons. The molecule has 0 radical (unpaired) electrons. The molecular weight excluding hydrogens is 150 g/mol. The van der Waals surface area contributed by atoms with Gasteiger partial charge in [0.1, 0.15) is 11.6 Å². The second-order valence-corrected chi connectivity index (χ2v) is 1.94. The summed E-state index contributed by atoms with van der Waals surface area (Å²) in [5.74, 6) is 3.49. The lowest BCUT2D eigenvalue weighted by Crippen LogP contribution is -1.91. The number of hydrogen-bond acceptors (Lipinski definition) is 2. The monoisotopic (exact) mass is 156 g/mol. The van der Waals surface area contributed by atoms with Crippen molar-refractivity contribution >= 4 is 6.21 Å². The van der Waals surface area contributed by atoms with Crippen LogP contribution >= 0.6 is 0 Å². The van der Waals surface area contributed by atoms with Gasteiger partial charge in [0, 0.05) is 11.6 Å². The van der Waals surface area contributed by atoms with Gasteiger partial charge in [-0.3, -0.25) is 0 Å². The summed E-state index contributed by atoms with van der Waals surface area (Å²) in [4.78, 5) is 0. The first-order chi connectivity index (χ1) is 5.24. The summed E-state index contributed by atoms with van der Waals surface area (Å²) in [6.07, 6.45) is 1.12. The molecule has 0 unspecified atom stereocenters. The molecule has 0 saturated heterocycles. The Labute approximate surface area is 62.3 Å². The quantitative estimate of drug-likeness (QED) is 0.371. The maximum Gasteiger partial charge on any atom is 0.134 e. The minimum atomic E-state index is -0.667. The van der Waals surface area contributed by atoms with E-state index in [0.717, 1.165) is 18.3 Å². The topological polar surface area (TPSA) is 38.4 Å². The third-order valence-electron chi connectivity index (χ3n) is 1.18. The highest BCUT2D eigenvalue weighted by molar-refractivity contribution is 5.79. The van der Waals surface area contributed by atoms with Crippen molar-refractivity contribution in [2.75, 3.05) is 0 Å². The molecule has 0 heterocycles. The van der Waals surface area contributed by atoms with Crippen molar-refractivity contribution in [3.05, 3.63) is 35.4 Å². The molecule has 2 N–H and O–H groups in total. The Morgan fingerprint density at radius 3 is 2.64 bits per heavy atom. The standard InChI is InChI=1S/C7H6F2N2/c8-6-2-1-5(4-11-10)7(9)3-6/h1-4H,10H2. The molecule has 0 atom stereocenters.